The molecule has 0 bridgehead atoms. The maximum atomic E-state index is 2.61. The number of hydrogen-bond acceptors (Lipinski definition) is 2. The molecule has 0 N–H and O–H groups in total. The van der Waals surface area contributed by atoms with Gasteiger partial charge in [0.05, 0.1) is 0 Å². The number of likely N-dealkylation sites (N-methyl/N-ethyl adjacent to an activating group) is 1. The molecule has 0 aromatic rings. The van der Waals surface area contributed by atoms with Gasteiger partial charge in [-0.2, -0.15) is 0 Å². The second kappa shape index (κ2) is 4.95. The molecule has 0 spiro atoms. The van der Waals surface area contributed by atoms with Crippen molar-refractivity contribution in [3.63, 3.8) is 0 Å². The number of nitrogens with zero attached hydrogens (tertiary/aromatic N) is 2. The van der Waals surface area contributed by atoms with Gasteiger partial charge in [0.2, 0.25) is 0 Å². The van der Waals surface area contributed by atoms with Crippen LogP contribution in [0.4, 0.5) is 0 Å². The Morgan fingerprint density at radius 3 is 2.53 bits per heavy atom. The summed E-state index contributed by atoms with van der Waals surface area (Å²) in [5.41, 5.74) is 1.50. The molecule has 0 radical (unpaired) electrons. The van der Waals surface area contributed by atoms with Crippen molar-refractivity contribution in [1.29, 1.82) is 0 Å². The smallest absolute Gasteiger partial charge is 0.0317 e. The van der Waals surface area contributed by atoms with Gasteiger partial charge in [0.25, 0.3) is 0 Å². The van der Waals surface area contributed by atoms with Crippen LogP contribution in [0, 0.1) is 0 Å². The standard InChI is InChI=1S/C13H22N2/c1-3-12-4-6-13(7-5-12)15-10-8-14(2)9-11-15/h4-6,13H,3,7-11H2,1-2H3. The first-order valence-corrected chi connectivity index (χ1v) is 6.09. The fraction of sp³-hybridized carbons (Fsp3) is 0.692. The normalized spacial score (nSPS) is 29.2. The zero-order valence-electron chi connectivity index (χ0n) is 9.95. The van der Waals surface area contributed by atoms with E-state index in [4.69, 9.17) is 0 Å². The highest BCUT2D eigenvalue weighted by Gasteiger charge is 2.20. The van der Waals surface area contributed by atoms with Crippen LogP contribution in [0.25, 0.3) is 0 Å². The molecule has 1 aliphatic carbocycles. The number of hydrogen-bond donors (Lipinski definition) is 0. The van der Waals surface area contributed by atoms with E-state index in [0.717, 1.165) is 0 Å². The van der Waals surface area contributed by atoms with E-state index in [1.807, 2.05) is 0 Å². The molecule has 84 valence electrons. The molecule has 2 heteroatoms. The Morgan fingerprint density at radius 2 is 2.00 bits per heavy atom. The second-order valence-electron chi connectivity index (χ2n) is 4.63. The van der Waals surface area contributed by atoms with Crippen LogP contribution in [0.5, 0.6) is 0 Å². The second-order valence-corrected chi connectivity index (χ2v) is 4.63. The number of rotatable bonds is 2. The molecule has 2 aliphatic rings. The molecule has 2 rings (SSSR count). The summed E-state index contributed by atoms with van der Waals surface area (Å²) in [4.78, 5) is 5.02. The van der Waals surface area contributed by atoms with Gasteiger partial charge < -0.3 is 4.90 Å². The van der Waals surface area contributed by atoms with Crippen LogP contribution in [-0.2, 0) is 0 Å². The van der Waals surface area contributed by atoms with E-state index in [1.54, 1.807) is 0 Å². The Kier molecular flexibility index (Phi) is 3.60. The lowest BCUT2D eigenvalue weighted by atomic mass is 10.00. The molecule has 1 aliphatic heterocycles. The highest BCUT2D eigenvalue weighted by Crippen LogP contribution is 2.18. The summed E-state index contributed by atoms with van der Waals surface area (Å²) in [7, 11) is 2.21. The first kappa shape index (κ1) is 10.9. The molecule has 0 amide bonds. The summed E-state index contributed by atoms with van der Waals surface area (Å²) in [5.74, 6) is 0. The van der Waals surface area contributed by atoms with E-state index in [-0.39, 0.29) is 0 Å². The third-order valence-corrected chi connectivity index (χ3v) is 3.57. The van der Waals surface area contributed by atoms with Crippen molar-refractivity contribution in [3.05, 3.63) is 23.8 Å². The minimum absolute atomic E-state index is 0.661. The van der Waals surface area contributed by atoms with Gasteiger partial charge in [-0.05, 0) is 19.9 Å². The predicted octanol–water partition coefficient (Wildman–Crippen LogP) is 1.90. The molecule has 1 fully saturated rings. The molecular weight excluding hydrogens is 184 g/mol. The fourth-order valence-corrected chi connectivity index (χ4v) is 2.34. The molecule has 0 saturated carbocycles. The summed E-state index contributed by atoms with van der Waals surface area (Å²) in [6.45, 7) is 7.11. The van der Waals surface area contributed by atoms with Crippen LogP contribution in [0.3, 0.4) is 0 Å². The van der Waals surface area contributed by atoms with Gasteiger partial charge in [0.15, 0.2) is 0 Å². The fourth-order valence-electron chi connectivity index (χ4n) is 2.34. The van der Waals surface area contributed by atoms with Crippen LogP contribution in [-0.4, -0.2) is 49.1 Å². The zero-order chi connectivity index (χ0) is 10.7. The summed E-state index contributed by atoms with van der Waals surface area (Å²) < 4.78 is 0. The van der Waals surface area contributed by atoms with Crippen molar-refractivity contribution < 1.29 is 0 Å². The van der Waals surface area contributed by atoms with Crippen LogP contribution in [0.1, 0.15) is 19.8 Å². The minimum Gasteiger partial charge on any atom is -0.304 e. The van der Waals surface area contributed by atoms with E-state index in [0.29, 0.717) is 6.04 Å². The minimum atomic E-state index is 0.661. The van der Waals surface area contributed by atoms with Crippen LogP contribution in [0.2, 0.25) is 0 Å². The summed E-state index contributed by atoms with van der Waals surface area (Å²) in [6, 6.07) is 0.661. The SMILES string of the molecule is CCC1=CCC(N2CCN(C)CC2)C=C1. The van der Waals surface area contributed by atoms with Crippen molar-refractivity contribution in [2.75, 3.05) is 33.2 Å². The molecule has 1 heterocycles. The van der Waals surface area contributed by atoms with Gasteiger partial charge in [-0.25, -0.2) is 0 Å². The van der Waals surface area contributed by atoms with Gasteiger partial charge >= 0.3 is 0 Å². The van der Waals surface area contributed by atoms with Gasteiger partial charge in [0, 0.05) is 32.2 Å². The first-order chi connectivity index (χ1) is 7.29. The summed E-state index contributed by atoms with van der Waals surface area (Å²) in [5, 5.41) is 0. The third-order valence-electron chi connectivity index (χ3n) is 3.57. The van der Waals surface area contributed by atoms with Crippen molar-refractivity contribution in [3.8, 4) is 0 Å². The van der Waals surface area contributed by atoms with E-state index in [2.05, 4.69) is 42.0 Å². The molecule has 15 heavy (non-hydrogen) atoms. The number of allylic oxidation sites excluding steroid dienone is 2. The van der Waals surface area contributed by atoms with Crippen molar-refractivity contribution >= 4 is 0 Å². The largest absolute Gasteiger partial charge is 0.304 e. The van der Waals surface area contributed by atoms with E-state index >= 15 is 0 Å². The van der Waals surface area contributed by atoms with Gasteiger partial charge in [0.1, 0.15) is 0 Å². The topological polar surface area (TPSA) is 6.48 Å². The quantitative estimate of drug-likeness (QED) is 0.681. The monoisotopic (exact) mass is 206 g/mol. The van der Waals surface area contributed by atoms with Crippen LogP contribution in [0.15, 0.2) is 23.8 Å². The first-order valence-electron chi connectivity index (χ1n) is 6.09. The Morgan fingerprint density at radius 1 is 1.27 bits per heavy atom. The van der Waals surface area contributed by atoms with E-state index < -0.39 is 0 Å². The molecule has 1 atom stereocenters. The van der Waals surface area contributed by atoms with Crippen molar-refractivity contribution in [2.45, 2.75) is 25.8 Å². The highest BCUT2D eigenvalue weighted by molar-refractivity contribution is 5.25. The Hall–Kier alpha value is -0.600. The lowest BCUT2D eigenvalue weighted by Crippen LogP contribution is -2.48. The van der Waals surface area contributed by atoms with Crippen molar-refractivity contribution in [2.24, 2.45) is 0 Å². The van der Waals surface area contributed by atoms with E-state index in [9.17, 15) is 0 Å². The number of piperazine rings is 1. The summed E-state index contributed by atoms with van der Waals surface area (Å²) >= 11 is 0. The molecule has 2 nitrogen and oxygen atoms in total. The molecule has 0 aromatic heterocycles. The molecular formula is C13H22N2. The van der Waals surface area contributed by atoms with Crippen molar-refractivity contribution in [1.82, 2.24) is 9.80 Å². The molecule has 0 aromatic carbocycles. The zero-order valence-corrected chi connectivity index (χ0v) is 9.95. The van der Waals surface area contributed by atoms with Gasteiger partial charge in [-0.3, -0.25) is 4.90 Å². The third kappa shape index (κ3) is 2.70. The average molecular weight is 206 g/mol. The average Bonchev–Trinajstić information content (AvgIpc) is 2.30. The van der Waals surface area contributed by atoms with Crippen LogP contribution >= 0.6 is 0 Å². The Labute approximate surface area is 93.2 Å². The van der Waals surface area contributed by atoms with Crippen LogP contribution < -0.4 is 0 Å². The van der Waals surface area contributed by atoms with Gasteiger partial charge in [-0.15, -0.1) is 0 Å². The predicted molar refractivity (Wildman–Crippen MR) is 65.0 cm³/mol. The lowest BCUT2D eigenvalue weighted by molar-refractivity contribution is 0.130. The lowest BCUT2D eigenvalue weighted by Gasteiger charge is -2.37. The summed E-state index contributed by atoms with van der Waals surface area (Å²) in [6.07, 6.45) is 9.50. The maximum absolute atomic E-state index is 2.61. The molecule has 1 unspecified atom stereocenters. The maximum Gasteiger partial charge on any atom is 0.0317 e. The van der Waals surface area contributed by atoms with Gasteiger partial charge in [-0.1, -0.05) is 30.7 Å². The van der Waals surface area contributed by atoms with E-state index in [1.165, 1.54) is 44.6 Å². The Bertz CT molecular complexity index is 260. The molecule has 1 saturated heterocycles. The Balaban J connectivity index is 1.87. The highest BCUT2D eigenvalue weighted by atomic mass is 15.3.